The molecule has 0 aromatic heterocycles. The molecule has 0 saturated carbocycles. The van der Waals surface area contributed by atoms with E-state index in [1.165, 1.54) is 17.0 Å². The summed E-state index contributed by atoms with van der Waals surface area (Å²) in [5.74, 6) is -0.231. The lowest BCUT2D eigenvalue weighted by Crippen LogP contribution is -2.56. The third-order valence-electron chi connectivity index (χ3n) is 7.15. The van der Waals surface area contributed by atoms with Crippen LogP contribution in [0.3, 0.4) is 0 Å². The standard InChI is InChI=1S/C27H40N6O6S/c1-17-10-21(12-28)33(13-17)25(35)24(31-26(36)39-27(3,4)5)15-32-14-20(11-22(32)16-34)30-18(2)19-6-8-23(9-7-19)40(29,37)38/h6-9,16-18,20-22,24,30H,10-11,13-15H2,1-5H3,(H,31,36)(H2,29,37,38)/t17?,18?,20-,21?,22?,24?/m0/s1. The topological polar surface area (TPSA) is 175 Å². The maximum Gasteiger partial charge on any atom is 0.408 e. The van der Waals surface area contributed by atoms with Crippen LogP contribution in [0.15, 0.2) is 29.2 Å². The van der Waals surface area contributed by atoms with Gasteiger partial charge in [0.25, 0.3) is 0 Å². The van der Waals surface area contributed by atoms with Crippen molar-refractivity contribution in [3.05, 3.63) is 29.8 Å². The van der Waals surface area contributed by atoms with E-state index in [9.17, 15) is 28.1 Å². The van der Waals surface area contributed by atoms with E-state index in [0.29, 0.717) is 25.9 Å². The van der Waals surface area contributed by atoms with Gasteiger partial charge in [-0.3, -0.25) is 9.69 Å². The Morgan fingerprint density at radius 2 is 1.88 bits per heavy atom. The summed E-state index contributed by atoms with van der Waals surface area (Å²) < 4.78 is 28.5. The number of amides is 2. The first-order valence-electron chi connectivity index (χ1n) is 13.4. The molecular weight excluding hydrogens is 536 g/mol. The Labute approximate surface area is 236 Å². The number of carbonyl (C=O) groups excluding carboxylic acids is 3. The highest BCUT2D eigenvalue weighted by atomic mass is 32.2. The summed E-state index contributed by atoms with van der Waals surface area (Å²) in [4.78, 5) is 41.7. The van der Waals surface area contributed by atoms with Crippen LogP contribution in [0.5, 0.6) is 0 Å². The van der Waals surface area contributed by atoms with E-state index in [1.54, 1.807) is 32.9 Å². The van der Waals surface area contributed by atoms with Gasteiger partial charge in [-0.2, -0.15) is 5.26 Å². The van der Waals surface area contributed by atoms with E-state index in [0.717, 1.165) is 11.8 Å². The number of nitrogens with one attached hydrogen (secondary N) is 2. The Bertz CT molecular complexity index is 1230. The van der Waals surface area contributed by atoms with Crippen molar-refractivity contribution in [1.29, 1.82) is 5.26 Å². The van der Waals surface area contributed by atoms with Gasteiger partial charge in [0.05, 0.1) is 17.0 Å². The molecule has 13 heteroatoms. The molecule has 40 heavy (non-hydrogen) atoms. The number of hydrogen-bond donors (Lipinski definition) is 3. The Hall–Kier alpha value is -3.05. The fourth-order valence-corrected chi connectivity index (χ4v) is 5.80. The summed E-state index contributed by atoms with van der Waals surface area (Å²) in [6, 6.07) is 6.09. The minimum Gasteiger partial charge on any atom is -0.444 e. The molecule has 2 aliphatic heterocycles. The van der Waals surface area contributed by atoms with Gasteiger partial charge < -0.3 is 25.1 Å². The predicted octanol–water partition coefficient (Wildman–Crippen LogP) is 1.28. The summed E-state index contributed by atoms with van der Waals surface area (Å²) in [5.41, 5.74) is 0.0740. The van der Waals surface area contributed by atoms with E-state index in [-0.39, 0.29) is 35.3 Å². The van der Waals surface area contributed by atoms with Crippen LogP contribution in [0.2, 0.25) is 0 Å². The fourth-order valence-electron chi connectivity index (χ4n) is 5.28. The molecule has 0 radical (unpaired) electrons. The number of alkyl carbamates (subject to hydrolysis) is 1. The molecule has 12 nitrogen and oxygen atoms in total. The van der Waals surface area contributed by atoms with Crippen LogP contribution in [0.1, 0.15) is 59.1 Å². The number of hydrogen-bond acceptors (Lipinski definition) is 9. The van der Waals surface area contributed by atoms with Gasteiger partial charge in [-0.05, 0) is 64.2 Å². The highest BCUT2D eigenvalue weighted by molar-refractivity contribution is 7.89. The van der Waals surface area contributed by atoms with Crippen molar-refractivity contribution in [2.75, 3.05) is 19.6 Å². The molecule has 3 rings (SSSR count). The average molecular weight is 577 g/mol. The second-order valence-electron chi connectivity index (χ2n) is 11.8. The SMILES string of the molecule is CC1CC(C#N)N(C(=O)C(CN2C[C@@H](NC(C)c3ccc(S(N)(=O)=O)cc3)CC2C=O)NC(=O)OC(C)(C)C)C1. The van der Waals surface area contributed by atoms with E-state index < -0.39 is 39.8 Å². The van der Waals surface area contributed by atoms with Crippen LogP contribution < -0.4 is 15.8 Å². The smallest absolute Gasteiger partial charge is 0.408 e. The zero-order valence-electron chi connectivity index (χ0n) is 23.7. The molecule has 0 spiro atoms. The number of nitriles is 1. The first-order chi connectivity index (χ1) is 18.6. The highest BCUT2D eigenvalue weighted by Gasteiger charge is 2.41. The molecule has 220 valence electrons. The van der Waals surface area contributed by atoms with Crippen molar-refractivity contribution >= 4 is 28.3 Å². The molecule has 1 aromatic rings. The van der Waals surface area contributed by atoms with Gasteiger partial charge in [-0.25, -0.2) is 18.4 Å². The lowest BCUT2D eigenvalue weighted by atomic mass is 10.1. The third-order valence-corrected chi connectivity index (χ3v) is 8.08. The number of aldehydes is 1. The van der Waals surface area contributed by atoms with Crippen molar-refractivity contribution < 1.29 is 27.5 Å². The predicted molar refractivity (Wildman–Crippen MR) is 147 cm³/mol. The number of primary sulfonamides is 1. The zero-order valence-corrected chi connectivity index (χ0v) is 24.5. The molecule has 5 unspecified atom stereocenters. The second-order valence-corrected chi connectivity index (χ2v) is 13.3. The van der Waals surface area contributed by atoms with Crippen LogP contribution in [-0.4, -0.2) is 85.9 Å². The number of nitrogens with two attached hydrogens (primary N) is 1. The van der Waals surface area contributed by atoms with Crippen LogP contribution in [0.4, 0.5) is 4.79 Å². The van der Waals surface area contributed by atoms with Crippen molar-refractivity contribution in [2.24, 2.45) is 11.1 Å². The number of ether oxygens (including phenoxy) is 1. The van der Waals surface area contributed by atoms with Crippen LogP contribution in [0, 0.1) is 17.2 Å². The zero-order chi connectivity index (χ0) is 29.8. The number of benzene rings is 1. The van der Waals surface area contributed by atoms with Crippen LogP contribution in [0.25, 0.3) is 0 Å². The van der Waals surface area contributed by atoms with Crippen LogP contribution in [-0.2, 0) is 24.3 Å². The molecular formula is C27H40N6O6S. The maximum atomic E-state index is 13.6. The summed E-state index contributed by atoms with van der Waals surface area (Å²) >= 11 is 0. The van der Waals surface area contributed by atoms with E-state index in [1.807, 2.05) is 18.7 Å². The van der Waals surface area contributed by atoms with Crippen molar-refractivity contribution in [3.8, 4) is 6.07 Å². The number of nitrogens with zero attached hydrogens (tertiary/aromatic N) is 3. The number of likely N-dealkylation sites (tertiary alicyclic amines) is 2. The first-order valence-corrected chi connectivity index (χ1v) is 14.9. The van der Waals surface area contributed by atoms with Crippen molar-refractivity contribution in [1.82, 2.24) is 20.4 Å². The number of rotatable bonds is 9. The molecule has 2 fully saturated rings. The second kappa shape index (κ2) is 12.6. The van der Waals surface area contributed by atoms with E-state index in [4.69, 9.17) is 9.88 Å². The van der Waals surface area contributed by atoms with Gasteiger partial charge in [0.15, 0.2) is 0 Å². The van der Waals surface area contributed by atoms with Gasteiger partial charge in [0.1, 0.15) is 24.0 Å². The molecule has 0 bridgehead atoms. The summed E-state index contributed by atoms with van der Waals surface area (Å²) in [7, 11) is -3.79. The molecule has 2 amide bonds. The van der Waals surface area contributed by atoms with Gasteiger partial charge in [0, 0.05) is 31.7 Å². The van der Waals surface area contributed by atoms with E-state index in [2.05, 4.69) is 16.7 Å². The molecule has 6 atom stereocenters. The fraction of sp³-hybridized carbons (Fsp3) is 0.630. The summed E-state index contributed by atoms with van der Waals surface area (Å²) in [6.07, 6.45) is 1.13. The Balaban J connectivity index is 1.73. The quantitative estimate of drug-likeness (QED) is 0.366. The Morgan fingerprint density at radius 1 is 1.23 bits per heavy atom. The molecule has 2 aliphatic rings. The summed E-state index contributed by atoms with van der Waals surface area (Å²) in [6.45, 7) is 9.97. The minimum atomic E-state index is -3.79. The number of sulfonamides is 1. The third kappa shape index (κ3) is 8.23. The Kier molecular flexibility index (Phi) is 9.94. The number of carbonyl (C=O) groups is 3. The van der Waals surface area contributed by atoms with Crippen LogP contribution >= 0.6 is 0 Å². The average Bonchev–Trinajstić information content (AvgIpc) is 3.43. The highest BCUT2D eigenvalue weighted by Crippen LogP contribution is 2.25. The van der Waals surface area contributed by atoms with E-state index >= 15 is 0 Å². The minimum absolute atomic E-state index is 0.0238. The van der Waals surface area contributed by atoms with Crippen molar-refractivity contribution in [3.63, 3.8) is 0 Å². The molecule has 4 N–H and O–H groups in total. The Morgan fingerprint density at radius 3 is 2.42 bits per heavy atom. The largest absolute Gasteiger partial charge is 0.444 e. The van der Waals surface area contributed by atoms with Gasteiger partial charge in [-0.1, -0.05) is 19.1 Å². The molecule has 2 heterocycles. The monoisotopic (exact) mass is 576 g/mol. The van der Waals surface area contributed by atoms with Gasteiger partial charge in [-0.15, -0.1) is 0 Å². The van der Waals surface area contributed by atoms with Gasteiger partial charge in [0.2, 0.25) is 15.9 Å². The molecule has 1 aromatic carbocycles. The van der Waals surface area contributed by atoms with Gasteiger partial charge >= 0.3 is 6.09 Å². The molecule has 0 aliphatic carbocycles. The maximum absolute atomic E-state index is 13.6. The lowest BCUT2D eigenvalue weighted by molar-refractivity contribution is -0.134. The first kappa shape index (κ1) is 31.5. The normalized spacial score (nSPS) is 25.2. The molecule has 2 saturated heterocycles. The summed E-state index contributed by atoms with van der Waals surface area (Å²) in [5, 5.41) is 20.9. The lowest BCUT2D eigenvalue weighted by Gasteiger charge is -2.31. The van der Waals surface area contributed by atoms with Crippen molar-refractivity contribution in [2.45, 2.75) is 88.2 Å².